The molecule has 0 atom stereocenters. The lowest BCUT2D eigenvalue weighted by atomic mass is 10.2. The van der Waals surface area contributed by atoms with Crippen LogP contribution in [0, 0.1) is 5.82 Å². The number of anilines is 4. The van der Waals surface area contributed by atoms with Crippen LogP contribution in [0.15, 0.2) is 46.1 Å². The normalized spacial score (nSPS) is 12.3. The number of hydrogen-bond acceptors (Lipinski definition) is 8. The van der Waals surface area contributed by atoms with Gasteiger partial charge in [-0.05, 0) is 57.1 Å². The van der Waals surface area contributed by atoms with Gasteiger partial charge >= 0.3 is 0 Å². The SMILES string of the molecule is CC.CNC.COc1ccc(Nc2cc(F)c(SNc3cscn3)cc2Cl)c(N2CCCC2)c1. The molecule has 10 heteroatoms. The van der Waals surface area contributed by atoms with Crippen molar-refractivity contribution in [2.24, 2.45) is 0 Å². The maximum atomic E-state index is 14.7. The molecule has 4 rings (SSSR count). The van der Waals surface area contributed by atoms with Crippen LogP contribution in [-0.4, -0.2) is 39.3 Å². The predicted octanol–water partition coefficient (Wildman–Crippen LogP) is 7.27. The number of hydrogen-bond donors (Lipinski definition) is 3. The molecular formula is C24H33ClFN5OS2. The molecule has 1 aromatic heterocycles. The van der Waals surface area contributed by atoms with Crippen molar-refractivity contribution >= 4 is 57.8 Å². The first-order valence-corrected chi connectivity index (χ1v) is 13.3. The van der Waals surface area contributed by atoms with Crippen molar-refractivity contribution in [2.45, 2.75) is 31.6 Å². The van der Waals surface area contributed by atoms with Crippen LogP contribution in [0.25, 0.3) is 0 Å². The Bertz CT molecular complexity index is 1000. The maximum Gasteiger partial charge on any atom is 0.147 e. The molecule has 1 aliphatic rings. The second-order valence-electron chi connectivity index (χ2n) is 7.04. The van der Waals surface area contributed by atoms with Gasteiger partial charge in [-0.1, -0.05) is 25.4 Å². The molecule has 0 amide bonds. The number of halogens is 2. The average molecular weight is 526 g/mol. The van der Waals surface area contributed by atoms with Crippen molar-refractivity contribution in [3.8, 4) is 5.75 Å². The molecule has 0 bridgehead atoms. The summed E-state index contributed by atoms with van der Waals surface area (Å²) >= 11 is 9.08. The Morgan fingerprint density at radius 1 is 1.12 bits per heavy atom. The van der Waals surface area contributed by atoms with Crippen LogP contribution in [0.1, 0.15) is 26.7 Å². The van der Waals surface area contributed by atoms with Crippen LogP contribution in [0.5, 0.6) is 5.75 Å². The second kappa shape index (κ2) is 14.9. The predicted molar refractivity (Wildman–Crippen MR) is 147 cm³/mol. The summed E-state index contributed by atoms with van der Waals surface area (Å²) in [5.41, 5.74) is 4.14. The minimum absolute atomic E-state index is 0.360. The molecule has 34 heavy (non-hydrogen) atoms. The van der Waals surface area contributed by atoms with Gasteiger partial charge in [-0.15, -0.1) is 11.3 Å². The number of rotatable bonds is 7. The van der Waals surface area contributed by atoms with Gasteiger partial charge in [-0.25, -0.2) is 9.37 Å². The highest BCUT2D eigenvalue weighted by Gasteiger charge is 2.18. The largest absolute Gasteiger partial charge is 0.497 e. The number of nitrogens with zero attached hydrogens (tertiary/aromatic N) is 2. The summed E-state index contributed by atoms with van der Waals surface area (Å²) < 4.78 is 23.1. The first-order chi connectivity index (χ1) is 16.5. The summed E-state index contributed by atoms with van der Waals surface area (Å²) in [6, 6.07) is 8.86. The van der Waals surface area contributed by atoms with E-state index in [2.05, 4.69) is 25.2 Å². The van der Waals surface area contributed by atoms with Crippen molar-refractivity contribution in [3.63, 3.8) is 0 Å². The zero-order valence-corrected chi connectivity index (χ0v) is 22.6. The van der Waals surface area contributed by atoms with Crippen molar-refractivity contribution in [3.05, 3.63) is 52.1 Å². The molecule has 1 aliphatic heterocycles. The quantitative estimate of drug-likeness (QED) is 0.280. The molecule has 0 unspecified atom stereocenters. The fraction of sp³-hybridized carbons (Fsp3) is 0.375. The zero-order chi connectivity index (χ0) is 24.9. The van der Waals surface area contributed by atoms with Crippen LogP contribution in [0.2, 0.25) is 5.02 Å². The van der Waals surface area contributed by atoms with E-state index in [0.29, 0.717) is 21.4 Å². The van der Waals surface area contributed by atoms with Gasteiger partial charge in [-0.2, -0.15) is 0 Å². The molecule has 186 valence electrons. The first-order valence-electron chi connectivity index (χ1n) is 11.1. The van der Waals surface area contributed by atoms with E-state index < -0.39 is 0 Å². The lowest BCUT2D eigenvalue weighted by molar-refractivity contribution is 0.415. The molecule has 1 fully saturated rings. The van der Waals surface area contributed by atoms with E-state index in [1.807, 2.05) is 51.5 Å². The highest BCUT2D eigenvalue weighted by molar-refractivity contribution is 8.00. The number of methoxy groups -OCH3 is 1. The highest BCUT2D eigenvalue weighted by Crippen LogP contribution is 2.38. The molecule has 0 aliphatic carbocycles. The van der Waals surface area contributed by atoms with E-state index >= 15 is 0 Å². The van der Waals surface area contributed by atoms with Gasteiger partial charge in [0.2, 0.25) is 0 Å². The Balaban J connectivity index is 0.000000758. The van der Waals surface area contributed by atoms with Gasteiger partial charge in [0.15, 0.2) is 0 Å². The second-order valence-corrected chi connectivity index (χ2v) is 9.02. The summed E-state index contributed by atoms with van der Waals surface area (Å²) in [5, 5.41) is 8.34. The van der Waals surface area contributed by atoms with Crippen molar-refractivity contribution in [2.75, 3.05) is 49.2 Å². The standard InChI is InChI=1S/C20H20ClFN4OS2.C2H7N.C2H6/c1-27-13-4-5-16(18(8-13)26-6-2-3-7-26)24-17-10-15(22)19(9-14(17)21)29-25-20-11-28-12-23-20;1-3-2;1-2/h4-5,8-12,24-25H,2-3,6-7H2,1H3;3H,1-2H3;1-2H3. The van der Waals surface area contributed by atoms with Gasteiger partial charge in [0.25, 0.3) is 0 Å². The van der Waals surface area contributed by atoms with E-state index in [0.717, 1.165) is 55.0 Å². The van der Waals surface area contributed by atoms with Crippen LogP contribution >= 0.6 is 34.9 Å². The van der Waals surface area contributed by atoms with Gasteiger partial charge in [0, 0.05) is 30.6 Å². The van der Waals surface area contributed by atoms with Crippen LogP contribution in [-0.2, 0) is 0 Å². The highest BCUT2D eigenvalue weighted by atomic mass is 35.5. The number of benzene rings is 2. The molecule has 2 heterocycles. The van der Waals surface area contributed by atoms with Gasteiger partial charge < -0.3 is 25.0 Å². The van der Waals surface area contributed by atoms with E-state index in [1.165, 1.54) is 17.4 Å². The summed E-state index contributed by atoms with van der Waals surface area (Å²) in [6.07, 6.45) is 2.31. The molecule has 0 radical (unpaired) electrons. The van der Waals surface area contributed by atoms with Crippen molar-refractivity contribution < 1.29 is 9.13 Å². The fourth-order valence-electron chi connectivity index (χ4n) is 3.18. The van der Waals surface area contributed by atoms with Gasteiger partial charge in [0.05, 0.1) is 39.6 Å². The monoisotopic (exact) mass is 525 g/mol. The van der Waals surface area contributed by atoms with Crippen LogP contribution in [0.3, 0.4) is 0 Å². The Morgan fingerprint density at radius 3 is 2.44 bits per heavy atom. The van der Waals surface area contributed by atoms with Crippen molar-refractivity contribution in [1.82, 2.24) is 10.3 Å². The van der Waals surface area contributed by atoms with E-state index in [-0.39, 0.29) is 5.82 Å². The third-order valence-corrected chi connectivity index (χ3v) is 6.38. The molecule has 1 saturated heterocycles. The van der Waals surface area contributed by atoms with Crippen LogP contribution in [0.4, 0.5) is 27.3 Å². The van der Waals surface area contributed by atoms with E-state index in [4.69, 9.17) is 16.3 Å². The molecule has 0 saturated carbocycles. The number of nitrogens with one attached hydrogen (secondary N) is 3. The minimum Gasteiger partial charge on any atom is -0.497 e. The smallest absolute Gasteiger partial charge is 0.147 e. The molecule has 3 N–H and O–H groups in total. The Kier molecular flexibility index (Phi) is 12.3. The average Bonchev–Trinajstić information content (AvgIpc) is 3.57. The molecule has 0 spiro atoms. The van der Waals surface area contributed by atoms with E-state index in [9.17, 15) is 4.39 Å². The Morgan fingerprint density at radius 2 is 1.82 bits per heavy atom. The molecule has 3 aromatic rings. The third kappa shape index (κ3) is 7.94. The van der Waals surface area contributed by atoms with E-state index in [1.54, 1.807) is 18.7 Å². The van der Waals surface area contributed by atoms with Gasteiger partial charge in [-0.3, -0.25) is 0 Å². The van der Waals surface area contributed by atoms with Gasteiger partial charge in [0.1, 0.15) is 17.4 Å². The topological polar surface area (TPSA) is 61.5 Å². The fourth-order valence-corrected chi connectivity index (χ4v) is 4.68. The minimum atomic E-state index is -0.360. The van der Waals surface area contributed by atoms with Crippen LogP contribution < -0.4 is 25.0 Å². The molecule has 6 nitrogen and oxygen atoms in total. The Labute approximate surface area is 215 Å². The zero-order valence-electron chi connectivity index (χ0n) is 20.2. The Hall–Kier alpha value is -2.20. The lowest BCUT2D eigenvalue weighted by Gasteiger charge is -2.23. The summed E-state index contributed by atoms with van der Waals surface area (Å²) in [5.74, 6) is 1.11. The maximum absolute atomic E-state index is 14.7. The van der Waals surface area contributed by atoms with Crippen molar-refractivity contribution in [1.29, 1.82) is 0 Å². The number of thiazole rings is 1. The number of ether oxygens (including phenoxy) is 1. The molecular weight excluding hydrogens is 493 g/mol. The number of aromatic nitrogens is 1. The summed E-state index contributed by atoms with van der Waals surface area (Å²) in [4.78, 5) is 6.83. The summed E-state index contributed by atoms with van der Waals surface area (Å²) in [6.45, 7) is 5.98. The lowest BCUT2D eigenvalue weighted by Crippen LogP contribution is -2.19. The molecule has 2 aromatic carbocycles. The summed E-state index contributed by atoms with van der Waals surface area (Å²) in [7, 11) is 5.40. The third-order valence-electron chi connectivity index (χ3n) is 4.64. The first kappa shape index (κ1) is 28.0.